The van der Waals surface area contributed by atoms with E-state index in [2.05, 4.69) is 25.6 Å². The zero-order chi connectivity index (χ0) is 30.6. The Bertz CT molecular complexity index is 1490. The van der Waals surface area contributed by atoms with Gasteiger partial charge >= 0.3 is 12.2 Å². The molecule has 1 aromatic carbocycles. The van der Waals surface area contributed by atoms with Gasteiger partial charge in [-0.3, -0.25) is 14.9 Å². The average Bonchev–Trinajstić information content (AvgIpc) is 2.93. The lowest BCUT2D eigenvalue weighted by Crippen LogP contribution is -2.41. The summed E-state index contributed by atoms with van der Waals surface area (Å²) in [6, 6.07) is 5.54. The number of amides is 3. The lowest BCUT2D eigenvalue weighted by Gasteiger charge is -2.32. The number of piperidine rings is 1. The number of carbonyl (C=O) groups excluding carboxylic acids is 3. The molecule has 42 heavy (non-hydrogen) atoms. The summed E-state index contributed by atoms with van der Waals surface area (Å²) in [4.78, 5) is 50.9. The Hall–Kier alpha value is -4.69. The zero-order valence-electron chi connectivity index (χ0n) is 22.4. The molecule has 0 aliphatic carbocycles. The number of urea groups is 1. The van der Waals surface area contributed by atoms with Crippen molar-refractivity contribution in [1.29, 1.82) is 0 Å². The van der Waals surface area contributed by atoms with Crippen molar-refractivity contribution in [3.05, 3.63) is 70.7 Å². The molecule has 0 atom stereocenters. The summed E-state index contributed by atoms with van der Waals surface area (Å²) in [6.45, 7) is 2.38. The number of benzene rings is 1. The zero-order valence-corrected chi connectivity index (χ0v) is 22.4. The van der Waals surface area contributed by atoms with Crippen LogP contribution >= 0.6 is 0 Å². The number of aromatic nitrogens is 3. The summed E-state index contributed by atoms with van der Waals surface area (Å²) in [7, 11) is 0. The summed E-state index contributed by atoms with van der Waals surface area (Å²) in [5.74, 6) is -3.80. The number of likely N-dealkylation sites (tertiary alicyclic amines) is 1. The van der Waals surface area contributed by atoms with Gasteiger partial charge in [0.1, 0.15) is 23.0 Å². The molecular weight excluding hydrogens is 567 g/mol. The van der Waals surface area contributed by atoms with Gasteiger partial charge in [-0.05, 0) is 38.0 Å². The fourth-order valence-electron chi connectivity index (χ4n) is 4.47. The van der Waals surface area contributed by atoms with Gasteiger partial charge in [-0.1, -0.05) is 12.1 Å². The summed E-state index contributed by atoms with van der Waals surface area (Å²) in [6.07, 6.45) is -4.12. The first-order chi connectivity index (χ1) is 19.8. The Morgan fingerprint density at radius 1 is 0.976 bits per heavy atom. The van der Waals surface area contributed by atoms with Crippen molar-refractivity contribution in [2.75, 3.05) is 30.3 Å². The molecule has 0 radical (unpaired) electrons. The third kappa shape index (κ3) is 7.14. The van der Waals surface area contributed by atoms with Crippen molar-refractivity contribution in [2.45, 2.75) is 38.8 Å². The van der Waals surface area contributed by atoms with E-state index in [1.54, 1.807) is 0 Å². The van der Waals surface area contributed by atoms with E-state index in [0.29, 0.717) is 12.8 Å². The van der Waals surface area contributed by atoms with E-state index in [0.717, 1.165) is 24.3 Å². The normalized spacial score (nSPS) is 13.9. The summed E-state index contributed by atoms with van der Waals surface area (Å²) < 4.78 is 72.2. The van der Waals surface area contributed by atoms with Gasteiger partial charge in [0.15, 0.2) is 6.61 Å². The molecule has 0 bridgehead atoms. The van der Waals surface area contributed by atoms with Crippen molar-refractivity contribution in [3.8, 4) is 5.88 Å². The highest BCUT2D eigenvalue weighted by Gasteiger charge is 2.33. The first-order valence-corrected chi connectivity index (χ1v) is 12.7. The monoisotopic (exact) mass is 592 g/mol. The second-order valence-electron chi connectivity index (χ2n) is 9.43. The molecule has 0 saturated carbocycles. The number of nitrogens with zero attached hydrogens (tertiary/aromatic N) is 4. The van der Waals surface area contributed by atoms with Gasteiger partial charge < -0.3 is 15.0 Å². The number of anilines is 2. The van der Waals surface area contributed by atoms with E-state index in [1.165, 1.54) is 30.9 Å². The van der Waals surface area contributed by atoms with Crippen LogP contribution in [0.25, 0.3) is 0 Å². The van der Waals surface area contributed by atoms with Gasteiger partial charge in [-0.15, -0.1) is 0 Å². The van der Waals surface area contributed by atoms with Gasteiger partial charge in [-0.2, -0.15) is 13.2 Å². The van der Waals surface area contributed by atoms with Crippen molar-refractivity contribution in [2.24, 2.45) is 0 Å². The van der Waals surface area contributed by atoms with Gasteiger partial charge in [0.25, 0.3) is 0 Å². The number of hydrogen-bond donors (Lipinski definition) is 2. The fraction of sp³-hybridized carbons (Fsp3) is 0.333. The predicted octanol–water partition coefficient (Wildman–Crippen LogP) is 5.11. The Kier molecular flexibility index (Phi) is 8.97. The topological polar surface area (TPSA) is 126 Å². The number of rotatable bonds is 7. The molecule has 1 fully saturated rings. The maximum atomic E-state index is 14.0. The first-order valence-electron chi connectivity index (χ1n) is 12.7. The van der Waals surface area contributed by atoms with Crippen LogP contribution in [0.3, 0.4) is 0 Å². The van der Waals surface area contributed by atoms with E-state index in [4.69, 9.17) is 4.74 Å². The molecule has 3 heterocycles. The van der Waals surface area contributed by atoms with E-state index >= 15 is 0 Å². The van der Waals surface area contributed by atoms with E-state index in [1.807, 2.05) is 0 Å². The lowest BCUT2D eigenvalue weighted by atomic mass is 9.89. The molecule has 0 spiro atoms. The second kappa shape index (κ2) is 12.4. The molecule has 222 valence electrons. The predicted molar refractivity (Wildman–Crippen MR) is 139 cm³/mol. The molecule has 3 aromatic rings. The molecule has 15 heteroatoms. The lowest BCUT2D eigenvalue weighted by molar-refractivity contribution is -0.141. The number of aryl methyl sites for hydroxylation is 1. The van der Waals surface area contributed by atoms with Gasteiger partial charge in [0.05, 0.1) is 17.0 Å². The highest BCUT2D eigenvalue weighted by atomic mass is 19.4. The number of halogens is 5. The standard InChI is InChI=1S/C27H25F5N6O4/c1-14-22(19(40)13-42-21-8-4-7-20(35-21)27(30,31)32)23(36-25(33-14)34-15(2)39)16-9-11-38(12-10-16)26(41)37-24-17(28)5-3-6-18(24)29/h3-8,16H,9-13H2,1-2H3,(H,37,41)(H,33,34,36,39). The first kappa shape index (κ1) is 30.3. The minimum absolute atomic E-state index is 0.0535. The molecular formula is C27H25F5N6O4. The number of ketones is 1. The Balaban J connectivity index is 1.52. The van der Waals surface area contributed by atoms with Gasteiger partial charge in [0, 0.05) is 32.0 Å². The summed E-state index contributed by atoms with van der Waals surface area (Å²) in [5, 5.41) is 4.70. The van der Waals surface area contributed by atoms with Crippen LogP contribution in [0.1, 0.15) is 53.1 Å². The fourth-order valence-corrected chi connectivity index (χ4v) is 4.47. The molecule has 1 saturated heterocycles. The molecule has 3 amide bonds. The molecule has 10 nitrogen and oxygen atoms in total. The highest BCUT2D eigenvalue weighted by molar-refractivity contribution is 5.99. The third-order valence-electron chi connectivity index (χ3n) is 6.41. The number of Topliss-reactive ketones (excluding diaryl/α,β-unsaturated/α-hetero) is 1. The number of hydrogen-bond acceptors (Lipinski definition) is 7. The molecule has 1 aliphatic heterocycles. The maximum absolute atomic E-state index is 14.0. The Labute approximate surface area is 236 Å². The van der Waals surface area contributed by atoms with Crippen LogP contribution in [0.15, 0.2) is 36.4 Å². The summed E-state index contributed by atoms with van der Waals surface area (Å²) >= 11 is 0. The number of alkyl halides is 3. The van der Waals surface area contributed by atoms with Gasteiger partial charge in [-0.25, -0.2) is 28.5 Å². The minimum Gasteiger partial charge on any atom is -0.469 e. The van der Waals surface area contributed by atoms with Crippen molar-refractivity contribution < 1.29 is 41.1 Å². The van der Waals surface area contributed by atoms with Crippen molar-refractivity contribution in [3.63, 3.8) is 0 Å². The third-order valence-corrected chi connectivity index (χ3v) is 6.41. The number of ether oxygens (including phenoxy) is 1. The van der Waals surface area contributed by atoms with Crippen LogP contribution in [-0.2, 0) is 11.0 Å². The van der Waals surface area contributed by atoms with Crippen molar-refractivity contribution in [1.82, 2.24) is 19.9 Å². The van der Waals surface area contributed by atoms with Crippen LogP contribution in [-0.4, -0.2) is 57.3 Å². The minimum atomic E-state index is -4.70. The van der Waals surface area contributed by atoms with Crippen LogP contribution in [0.2, 0.25) is 0 Å². The Morgan fingerprint density at radius 2 is 1.62 bits per heavy atom. The molecule has 4 rings (SSSR count). The number of para-hydroxylation sites is 1. The summed E-state index contributed by atoms with van der Waals surface area (Å²) in [5.41, 5.74) is -1.23. The van der Waals surface area contributed by atoms with Crippen LogP contribution in [0.4, 0.5) is 38.4 Å². The molecule has 1 aliphatic rings. The Morgan fingerprint density at radius 3 is 2.24 bits per heavy atom. The van der Waals surface area contributed by atoms with Crippen molar-refractivity contribution >= 4 is 29.4 Å². The van der Waals surface area contributed by atoms with Gasteiger partial charge in [0.2, 0.25) is 23.5 Å². The van der Waals surface area contributed by atoms with Crippen LogP contribution in [0.5, 0.6) is 5.88 Å². The smallest absolute Gasteiger partial charge is 0.433 e. The largest absolute Gasteiger partial charge is 0.469 e. The van der Waals surface area contributed by atoms with E-state index in [-0.39, 0.29) is 36.0 Å². The second-order valence-corrected chi connectivity index (χ2v) is 9.43. The number of carbonyl (C=O) groups is 3. The number of nitrogens with one attached hydrogen (secondary N) is 2. The quantitative estimate of drug-likeness (QED) is 0.289. The molecule has 0 unspecified atom stereocenters. The van der Waals surface area contributed by atoms with E-state index in [9.17, 15) is 36.3 Å². The highest BCUT2D eigenvalue weighted by Crippen LogP contribution is 2.32. The molecule has 2 N–H and O–H groups in total. The average molecular weight is 593 g/mol. The van der Waals surface area contributed by atoms with E-state index < -0.39 is 65.3 Å². The van der Waals surface area contributed by atoms with Crippen LogP contribution < -0.4 is 15.4 Å². The SMILES string of the molecule is CC(=O)Nc1nc(C)c(C(=O)COc2cccc(C(F)(F)F)n2)c(C2CCN(C(=O)Nc3c(F)cccc3F)CC2)n1. The molecule has 2 aromatic heterocycles. The number of pyridine rings is 1. The maximum Gasteiger partial charge on any atom is 0.433 e. The van der Waals surface area contributed by atoms with Crippen LogP contribution in [0, 0.1) is 18.6 Å².